The van der Waals surface area contributed by atoms with Crippen LogP contribution in [0.1, 0.15) is 33.3 Å². The molecule has 0 fully saturated rings. The van der Waals surface area contributed by atoms with Crippen molar-refractivity contribution in [3.05, 3.63) is 40.1 Å². The lowest BCUT2D eigenvalue weighted by atomic mass is 10.3. The van der Waals surface area contributed by atoms with Crippen LogP contribution in [0.25, 0.3) is 0 Å². The first kappa shape index (κ1) is 12.5. The van der Waals surface area contributed by atoms with Gasteiger partial charge in [0, 0.05) is 11.1 Å². The average Bonchev–Trinajstić information content (AvgIpc) is 2.76. The summed E-state index contributed by atoms with van der Waals surface area (Å²) in [4.78, 5) is 20.0. The molecule has 1 unspecified atom stereocenters. The maximum absolute atomic E-state index is 10.7. The molecular formula is C12H13N3O2S. The Morgan fingerprint density at radius 1 is 1.39 bits per heavy atom. The molecule has 0 spiro atoms. The first-order valence-electron chi connectivity index (χ1n) is 5.44. The standard InChI is InChI=1S/C12H13N3O2S/c1-7-5-14-11(18-7)8(2)15-9-3-4-10(12(16)17)13-6-9/h3-6,8,15H,1-2H3,(H,16,17). The molecule has 2 heterocycles. The van der Waals surface area contributed by atoms with E-state index in [4.69, 9.17) is 5.11 Å². The first-order valence-corrected chi connectivity index (χ1v) is 6.26. The van der Waals surface area contributed by atoms with E-state index in [1.54, 1.807) is 17.4 Å². The zero-order valence-electron chi connectivity index (χ0n) is 10.0. The highest BCUT2D eigenvalue weighted by Crippen LogP contribution is 2.22. The Hall–Kier alpha value is -1.95. The molecule has 0 saturated heterocycles. The van der Waals surface area contributed by atoms with Crippen LogP contribution in [-0.4, -0.2) is 21.0 Å². The first-order chi connectivity index (χ1) is 8.56. The molecule has 2 rings (SSSR count). The lowest BCUT2D eigenvalue weighted by Crippen LogP contribution is -2.07. The van der Waals surface area contributed by atoms with Crippen molar-refractivity contribution in [1.29, 1.82) is 0 Å². The largest absolute Gasteiger partial charge is 0.477 e. The minimum atomic E-state index is -1.02. The van der Waals surface area contributed by atoms with E-state index in [1.165, 1.54) is 12.3 Å². The fourth-order valence-corrected chi connectivity index (χ4v) is 2.27. The monoisotopic (exact) mass is 263 g/mol. The molecule has 0 aliphatic rings. The summed E-state index contributed by atoms with van der Waals surface area (Å²) in [6.45, 7) is 4.01. The van der Waals surface area contributed by atoms with Gasteiger partial charge in [0.05, 0.1) is 17.9 Å². The van der Waals surface area contributed by atoms with E-state index in [0.717, 1.165) is 15.6 Å². The second-order valence-corrected chi connectivity index (χ2v) is 5.18. The Kier molecular flexibility index (Phi) is 3.57. The van der Waals surface area contributed by atoms with Gasteiger partial charge in [-0.15, -0.1) is 11.3 Å². The van der Waals surface area contributed by atoms with Crippen LogP contribution >= 0.6 is 11.3 Å². The van der Waals surface area contributed by atoms with E-state index in [1.807, 2.05) is 20.0 Å². The summed E-state index contributed by atoms with van der Waals surface area (Å²) in [6.07, 6.45) is 3.35. The van der Waals surface area contributed by atoms with Gasteiger partial charge in [0.2, 0.25) is 0 Å². The van der Waals surface area contributed by atoms with Gasteiger partial charge in [-0.05, 0) is 26.0 Å². The number of aryl methyl sites for hydroxylation is 1. The predicted octanol–water partition coefficient (Wildman–Crippen LogP) is 2.72. The number of nitrogens with zero attached hydrogens (tertiary/aromatic N) is 2. The number of aromatic nitrogens is 2. The Labute approximate surface area is 109 Å². The third kappa shape index (κ3) is 2.84. The molecule has 2 N–H and O–H groups in total. The van der Waals surface area contributed by atoms with Gasteiger partial charge in [0.1, 0.15) is 10.7 Å². The molecule has 0 bridgehead atoms. The Bertz CT molecular complexity index is 551. The number of pyridine rings is 1. The normalized spacial score (nSPS) is 12.1. The number of rotatable bonds is 4. The van der Waals surface area contributed by atoms with Crippen LogP contribution in [0.15, 0.2) is 24.5 Å². The Morgan fingerprint density at radius 2 is 2.17 bits per heavy atom. The van der Waals surface area contributed by atoms with Gasteiger partial charge in [0.15, 0.2) is 0 Å². The molecule has 1 atom stereocenters. The van der Waals surface area contributed by atoms with Crippen LogP contribution in [0.4, 0.5) is 5.69 Å². The lowest BCUT2D eigenvalue weighted by Gasteiger charge is -2.12. The molecule has 5 nitrogen and oxygen atoms in total. The highest BCUT2D eigenvalue weighted by atomic mass is 32.1. The van der Waals surface area contributed by atoms with Crippen molar-refractivity contribution in [2.75, 3.05) is 5.32 Å². The predicted molar refractivity (Wildman–Crippen MR) is 70.1 cm³/mol. The summed E-state index contributed by atoms with van der Waals surface area (Å²) >= 11 is 1.63. The van der Waals surface area contributed by atoms with E-state index in [-0.39, 0.29) is 11.7 Å². The van der Waals surface area contributed by atoms with Crippen LogP contribution in [0.3, 0.4) is 0 Å². The van der Waals surface area contributed by atoms with Gasteiger partial charge >= 0.3 is 5.97 Å². The molecule has 0 saturated carbocycles. The van der Waals surface area contributed by atoms with Crippen molar-refractivity contribution >= 4 is 23.0 Å². The zero-order valence-corrected chi connectivity index (χ0v) is 10.9. The highest BCUT2D eigenvalue weighted by molar-refractivity contribution is 7.11. The van der Waals surface area contributed by atoms with E-state index in [9.17, 15) is 4.79 Å². The van der Waals surface area contributed by atoms with E-state index in [0.29, 0.717) is 0 Å². The summed E-state index contributed by atoms with van der Waals surface area (Å²) in [5.41, 5.74) is 0.818. The van der Waals surface area contributed by atoms with Crippen molar-refractivity contribution in [2.45, 2.75) is 19.9 Å². The van der Waals surface area contributed by atoms with Crippen LogP contribution in [0.5, 0.6) is 0 Å². The van der Waals surface area contributed by atoms with Crippen molar-refractivity contribution in [3.8, 4) is 0 Å². The molecule has 0 aliphatic heterocycles. The summed E-state index contributed by atoms with van der Waals surface area (Å²) < 4.78 is 0. The van der Waals surface area contributed by atoms with E-state index >= 15 is 0 Å². The van der Waals surface area contributed by atoms with Crippen molar-refractivity contribution < 1.29 is 9.90 Å². The zero-order chi connectivity index (χ0) is 13.1. The molecule has 0 aromatic carbocycles. The van der Waals surface area contributed by atoms with Gasteiger partial charge in [-0.2, -0.15) is 0 Å². The number of nitrogens with one attached hydrogen (secondary N) is 1. The van der Waals surface area contributed by atoms with E-state index < -0.39 is 5.97 Å². The van der Waals surface area contributed by atoms with Gasteiger partial charge < -0.3 is 10.4 Å². The molecule has 2 aromatic heterocycles. The fraction of sp³-hybridized carbons (Fsp3) is 0.250. The van der Waals surface area contributed by atoms with Gasteiger partial charge in [-0.1, -0.05) is 0 Å². The SMILES string of the molecule is Cc1cnc(C(C)Nc2ccc(C(=O)O)nc2)s1. The quantitative estimate of drug-likeness (QED) is 0.887. The Balaban J connectivity index is 2.07. The summed E-state index contributed by atoms with van der Waals surface area (Å²) in [5, 5.41) is 13.0. The number of carbonyl (C=O) groups is 1. The second kappa shape index (κ2) is 5.14. The topological polar surface area (TPSA) is 75.1 Å². The van der Waals surface area contributed by atoms with Crippen molar-refractivity contribution in [3.63, 3.8) is 0 Å². The molecule has 6 heteroatoms. The second-order valence-electron chi connectivity index (χ2n) is 3.91. The molecule has 0 radical (unpaired) electrons. The number of carboxylic acid groups (broad SMARTS) is 1. The highest BCUT2D eigenvalue weighted by Gasteiger charge is 2.10. The summed E-state index contributed by atoms with van der Waals surface area (Å²) in [6, 6.07) is 3.25. The minimum absolute atomic E-state index is 0.0401. The van der Waals surface area contributed by atoms with Crippen LogP contribution < -0.4 is 5.32 Å². The molecule has 94 valence electrons. The van der Waals surface area contributed by atoms with E-state index in [2.05, 4.69) is 15.3 Å². The van der Waals surface area contributed by atoms with Crippen LogP contribution in [-0.2, 0) is 0 Å². The Morgan fingerprint density at radius 3 is 2.67 bits per heavy atom. The van der Waals surface area contributed by atoms with Gasteiger partial charge in [-0.3, -0.25) is 0 Å². The van der Waals surface area contributed by atoms with Crippen LogP contribution in [0.2, 0.25) is 0 Å². The molecule has 0 aliphatic carbocycles. The van der Waals surface area contributed by atoms with Gasteiger partial charge in [0.25, 0.3) is 0 Å². The number of hydrogen-bond acceptors (Lipinski definition) is 5. The maximum Gasteiger partial charge on any atom is 0.354 e. The summed E-state index contributed by atoms with van der Waals surface area (Å²) in [7, 11) is 0. The molecule has 2 aromatic rings. The number of carboxylic acids is 1. The average molecular weight is 263 g/mol. The van der Waals surface area contributed by atoms with Crippen LogP contribution in [0, 0.1) is 6.92 Å². The number of hydrogen-bond donors (Lipinski definition) is 2. The lowest BCUT2D eigenvalue weighted by molar-refractivity contribution is 0.0690. The number of thiazole rings is 1. The smallest absolute Gasteiger partial charge is 0.354 e. The van der Waals surface area contributed by atoms with Crippen molar-refractivity contribution in [1.82, 2.24) is 9.97 Å². The molecule has 0 amide bonds. The summed E-state index contributed by atoms with van der Waals surface area (Å²) in [5.74, 6) is -1.02. The molecular weight excluding hydrogens is 250 g/mol. The van der Waals surface area contributed by atoms with Gasteiger partial charge in [-0.25, -0.2) is 14.8 Å². The third-order valence-electron chi connectivity index (χ3n) is 2.38. The minimum Gasteiger partial charge on any atom is -0.477 e. The number of aromatic carboxylic acids is 1. The number of anilines is 1. The fourth-order valence-electron chi connectivity index (χ4n) is 1.49. The molecule has 18 heavy (non-hydrogen) atoms. The third-order valence-corrected chi connectivity index (χ3v) is 3.47. The van der Waals surface area contributed by atoms with Crippen molar-refractivity contribution in [2.24, 2.45) is 0 Å². The maximum atomic E-state index is 10.7.